The summed E-state index contributed by atoms with van der Waals surface area (Å²) in [6.07, 6.45) is 11.4. The molecule has 1 fully saturated rings. The molecule has 0 saturated carbocycles. The molecule has 0 radical (unpaired) electrons. The zero-order chi connectivity index (χ0) is 22.8. The van der Waals surface area contributed by atoms with Crippen molar-refractivity contribution in [2.45, 2.75) is 46.6 Å². The van der Waals surface area contributed by atoms with Crippen LogP contribution in [0.1, 0.15) is 40.5 Å². The summed E-state index contributed by atoms with van der Waals surface area (Å²) in [6, 6.07) is -0.559. The Balaban J connectivity index is 1.65. The van der Waals surface area contributed by atoms with Crippen LogP contribution in [0.5, 0.6) is 0 Å². The lowest BCUT2D eigenvalue weighted by Gasteiger charge is -2.48. The van der Waals surface area contributed by atoms with Crippen molar-refractivity contribution in [3.63, 3.8) is 0 Å². The van der Waals surface area contributed by atoms with Gasteiger partial charge in [0.25, 0.3) is 0 Å². The number of amides is 2. The van der Waals surface area contributed by atoms with Crippen LogP contribution in [0.15, 0.2) is 40.0 Å². The fourth-order valence-electron chi connectivity index (χ4n) is 4.99. The molecule has 0 aromatic heterocycles. The van der Waals surface area contributed by atoms with Gasteiger partial charge in [0, 0.05) is 30.0 Å². The van der Waals surface area contributed by atoms with Gasteiger partial charge in [-0.25, -0.2) is 0 Å². The molecule has 31 heavy (non-hydrogen) atoms. The number of nitrogens with one attached hydrogen (secondary N) is 1. The van der Waals surface area contributed by atoms with Gasteiger partial charge in [-0.15, -0.1) is 0 Å². The molecule has 3 rings (SSSR count). The average molecular weight is 447 g/mol. The summed E-state index contributed by atoms with van der Waals surface area (Å²) >= 11 is 6.10. The second kappa shape index (κ2) is 9.60. The zero-order valence-corrected chi connectivity index (χ0v) is 19.7. The predicted molar refractivity (Wildman–Crippen MR) is 126 cm³/mol. The fraction of sp³-hybridized carbons (Fsp3) is 0.625. The van der Waals surface area contributed by atoms with Gasteiger partial charge in [-0.2, -0.15) is 0 Å². The van der Waals surface area contributed by atoms with Crippen LogP contribution in [0.4, 0.5) is 0 Å². The number of dihydropyridines is 1. The number of carbonyl (C=O) groups is 2. The molecule has 2 amide bonds. The zero-order valence-electron chi connectivity index (χ0n) is 19.0. The molecule has 2 heterocycles. The number of hydrogen-bond acceptors (Lipinski definition) is 4. The van der Waals surface area contributed by atoms with Crippen LogP contribution in [-0.4, -0.2) is 48.6 Å². The first-order valence-electron chi connectivity index (χ1n) is 11.2. The maximum absolute atomic E-state index is 13.4. The highest BCUT2D eigenvalue weighted by Gasteiger charge is 2.42. The van der Waals surface area contributed by atoms with E-state index in [2.05, 4.69) is 36.3 Å². The van der Waals surface area contributed by atoms with Crippen molar-refractivity contribution in [3.05, 3.63) is 35.0 Å². The molecule has 2 aliphatic heterocycles. The van der Waals surface area contributed by atoms with Crippen molar-refractivity contribution < 1.29 is 9.59 Å². The Kier molecular flexibility index (Phi) is 7.30. The van der Waals surface area contributed by atoms with Gasteiger partial charge in [0.1, 0.15) is 6.04 Å². The molecule has 1 aliphatic carbocycles. The van der Waals surface area contributed by atoms with Crippen molar-refractivity contribution in [1.29, 1.82) is 0 Å². The molecule has 170 valence electrons. The minimum Gasteiger partial charge on any atom is -0.398 e. The summed E-state index contributed by atoms with van der Waals surface area (Å²) < 4.78 is 0. The van der Waals surface area contributed by atoms with Crippen LogP contribution in [0.25, 0.3) is 0 Å². The third-order valence-electron chi connectivity index (χ3n) is 6.73. The van der Waals surface area contributed by atoms with Crippen molar-refractivity contribution in [1.82, 2.24) is 10.2 Å². The first-order chi connectivity index (χ1) is 14.6. The largest absolute Gasteiger partial charge is 0.398 e. The van der Waals surface area contributed by atoms with Gasteiger partial charge in [-0.05, 0) is 48.2 Å². The summed E-state index contributed by atoms with van der Waals surface area (Å²) in [4.78, 5) is 32.3. The molecule has 7 heteroatoms. The Morgan fingerprint density at radius 2 is 2.10 bits per heavy atom. The van der Waals surface area contributed by atoms with Gasteiger partial charge in [-0.3, -0.25) is 14.6 Å². The minimum absolute atomic E-state index is 0.00624. The van der Waals surface area contributed by atoms with Crippen LogP contribution >= 0.6 is 11.6 Å². The summed E-state index contributed by atoms with van der Waals surface area (Å²) in [5.41, 5.74) is 6.24. The van der Waals surface area contributed by atoms with Crippen molar-refractivity contribution in [2.24, 2.45) is 39.8 Å². The Labute approximate surface area is 190 Å². The number of piperidine rings is 1. The van der Waals surface area contributed by atoms with E-state index in [1.807, 2.05) is 24.8 Å². The molecule has 2 unspecified atom stereocenters. The van der Waals surface area contributed by atoms with E-state index in [9.17, 15) is 9.59 Å². The average Bonchev–Trinajstić information content (AvgIpc) is 2.71. The number of halogens is 1. The molecule has 0 spiro atoms. The molecule has 3 N–H and O–H groups in total. The molecular formula is C24H35ClN4O2. The Bertz CT molecular complexity index is 827. The minimum atomic E-state index is -0.559. The second-order valence-corrected chi connectivity index (χ2v) is 10.4. The maximum Gasteiger partial charge on any atom is 0.245 e. The third kappa shape index (κ3) is 5.59. The number of aliphatic imine (C=N–C) groups is 1. The van der Waals surface area contributed by atoms with Crippen LogP contribution < -0.4 is 11.1 Å². The highest BCUT2D eigenvalue weighted by Crippen LogP contribution is 2.43. The van der Waals surface area contributed by atoms with E-state index in [1.54, 1.807) is 12.3 Å². The number of rotatable bonds is 5. The molecule has 0 aromatic carbocycles. The van der Waals surface area contributed by atoms with Crippen molar-refractivity contribution >= 4 is 29.6 Å². The molecule has 0 aromatic rings. The topological polar surface area (TPSA) is 87.8 Å². The van der Waals surface area contributed by atoms with Gasteiger partial charge < -0.3 is 16.0 Å². The van der Waals surface area contributed by atoms with Gasteiger partial charge in [-0.1, -0.05) is 51.4 Å². The highest BCUT2D eigenvalue weighted by atomic mass is 35.5. The molecule has 6 nitrogen and oxygen atoms in total. The van der Waals surface area contributed by atoms with E-state index in [1.165, 1.54) is 0 Å². The van der Waals surface area contributed by atoms with Gasteiger partial charge in [0.15, 0.2) is 0 Å². The number of hydrogen-bond donors (Lipinski definition) is 2. The van der Waals surface area contributed by atoms with Crippen LogP contribution in [0, 0.1) is 29.1 Å². The number of nitrogens with two attached hydrogens (primary N) is 1. The quantitative estimate of drug-likeness (QED) is 0.679. The van der Waals surface area contributed by atoms with Crippen LogP contribution in [0.2, 0.25) is 0 Å². The summed E-state index contributed by atoms with van der Waals surface area (Å²) in [6.45, 7) is 10.1. The van der Waals surface area contributed by atoms with E-state index in [4.69, 9.17) is 17.3 Å². The molecule has 3 aliphatic rings. The van der Waals surface area contributed by atoms with E-state index < -0.39 is 12.0 Å². The monoisotopic (exact) mass is 446 g/mol. The number of likely N-dealkylation sites (tertiary alicyclic amines) is 1. The van der Waals surface area contributed by atoms with Gasteiger partial charge in [0.2, 0.25) is 11.8 Å². The smallest absolute Gasteiger partial charge is 0.245 e. The van der Waals surface area contributed by atoms with E-state index in [0.29, 0.717) is 37.2 Å². The first-order valence-corrected chi connectivity index (χ1v) is 11.6. The Hall–Kier alpha value is -2.08. The number of allylic oxidation sites excluding steroid dienone is 5. The van der Waals surface area contributed by atoms with Gasteiger partial charge >= 0.3 is 0 Å². The second-order valence-electron chi connectivity index (χ2n) is 9.99. The highest BCUT2D eigenvalue weighted by molar-refractivity contribution is 6.31. The number of carbonyl (C=O) groups excluding carboxylic acids is 2. The standard InChI is InChI=1S/C24H35ClN4O2/c1-15(2)21(28-22(30)17-11-19(26)13-27-12-17)23(31)29-10-9-20(24(3,4)14-29)16-5-7-18(25)8-6-16/h5,7-8,11,13,15-17,20-21H,6,9-10,12,14,26H2,1-4H3,(H,28,30)/t16?,17?,20-,21-/m1/s1. The molecule has 4 atom stereocenters. The Morgan fingerprint density at radius 1 is 1.35 bits per heavy atom. The summed E-state index contributed by atoms with van der Waals surface area (Å²) in [7, 11) is 0. The maximum atomic E-state index is 13.4. The lowest BCUT2D eigenvalue weighted by Crippen LogP contribution is -2.57. The van der Waals surface area contributed by atoms with Crippen LogP contribution in [-0.2, 0) is 9.59 Å². The van der Waals surface area contributed by atoms with E-state index >= 15 is 0 Å². The summed E-state index contributed by atoms with van der Waals surface area (Å²) in [5.74, 6) is 0.275. The Morgan fingerprint density at radius 3 is 2.68 bits per heavy atom. The predicted octanol–water partition coefficient (Wildman–Crippen LogP) is 3.24. The van der Waals surface area contributed by atoms with Gasteiger partial charge in [0.05, 0.1) is 12.5 Å². The lowest BCUT2D eigenvalue weighted by atomic mass is 9.66. The molecular weight excluding hydrogens is 412 g/mol. The third-order valence-corrected chi connectivity index (χ3v) is 7.01. The van der Waals surface area contributed by atoms with Crippen LogP contribution in [0.3, 0.4) is 0 Å². The SMILES string of the molecule is CC(C)[C@@H](NC(=O)C1C=C(N)C=NC1)C(=O)N1CC[C@H](C2C=CC(Cl)=CC2)C(C)(C)C1. The molecule has 1 saturated heterocycles. The first kappa shape index (κ1) is 23.6. The fourth-order valence-corrected chi connectivity index (χ4v) is 5.16. The van der Waals surface area contributed by atoms with Crippen molar-refractivity contribution in [2.75, 3.05) is 19.6 Å². The normalized spacial score (nSPS) is 28.7. The number of nitrogens with zero attached hydrogens (tertiary/aromatic N) is 2. The van der Waals surface area contributed by atoms with E-state index in [-0.39, 0.29) is 23.1 Å². The summed E-state index contributed by atoms with van der Waals surface area (Å²) in [5, 5.41) is 3.78. The van der Waals surface area contributed by atoms with E-state index in [0.717, 1.165) is 17.9 Å². The lowest BCUT2D eigenvalue weighted by molar-refractivity contribution is -0.142. The van der Waals surface area contributed by atoms with Crippen molar-refractivity contribution in [3.8, 4) is 0 Å². The molecule has 0 bridgehead atoms.